The predicted molar refractivity (Wildman–Crippen MR) is 53.3 cm³/mol. The van der Waals surface area contributed by atoms with Crippen molar-refractivity contribution in [1.82, 2.24) is 4.90 Å². The zero-order chi connectivity index (χ0) is 10.1. The molecule has 1 aromatic rings. The highest BCUT2D eigenvalue weighted by Crippen LogP contribution is 2.30. The van der Waals surface area contributed by atoms with Crippen molar-refractivity contribution in [3.63, 3.8) is 0 Å². The Morgan fingerprint density at radius 3 is 2.79 bits per heavy atom. The normalized spacial score (nSPS) is 21.1. The summed E-state index contributed by atoms with van der Waals surface area (Å²) in [6, 6.07) is 7.43. The molecule has 0 radical (unpaired) electrons. The Morgan fingerprint density at radius 2 is 2.21 bits per heavy atom. The maximum atomic E-state index is 11.1. The number of nitrogens with zero attached hydrogens (tertiary/aromatic N) is 1. The first-order chi connectivity index (χ1) is 6.70. The van der Waals surface area contributed by atoms with Crippen LogP contribution in [-0.4, -0.2) is 24.6 Å². The number of carbonyl (C=O) groups is 1. The highest BCUT2D eigenvalue weighted by Gasteiger charge is 2.31. The van der Waals surface area contributed by atoms with Crippen LogP contribution in [0.4, 0.5) is 4.79 Å². The molecule has 74 valence electrons. The van der Waals surface area contributed by atoms with Gasteiger partial charge in [-0.3, -0.25) is 0 Å². The van der Waals surface area contributed by atoms with Crippen molar-refractivity contribution >= 4 is 17.7 Å². The maximum absolute atomic E-state index is 11.1. The first kappa shape index (κ1) is 9.34. The van der Waals surface area contributed by atoms with E-state index in [2.05, 4.69) is 0 Å². The molecule has 1 aromatic carbocycles. The Hall–Kier alpha value is -1.22. The summed E-state index contributed by atoms with van der Waals surface area (Å²) < 4.78 is 4.92. The first-order valence-corrected chi connectivity index (χ1v) is 4.72. The third-order valence-electron chi connectivity index (χ3n) is 2.38. The number of amides is 1. The van der Waals surface area contributed by atoms with Gasteiger partial charge in [0.15, 0.2) is 0 Å². The van der Waals surface area contributed by atoms with Crippen LogP contribution >= 0.6 is 11.6 Å². The van der Waals surface area contributed by atoms with E-state index >= 15 is 0 Å². The molecule has 2 rings (SSSR count). The molecular weight excluding hydrogens is 202 g/mol. The topological polar surface area (TPSA) is 29.5 Å². The number of benzene rings is 1. The van der Waals surface area contributed by atoms with Gasteiger partial charge >= 0.3 is 6.09 Å². The highest BCUT2D eigenvalue weighted by atomic mass is 35.5. The molecule has 1 atom stereocenters. The van der Waals surface area contributed by atoms with Gasteiger partial charge in [-0.25, -0.2) is 4.79 Å². The average Bonchev–Trinajstić information content (AvgIpc) is 2.49. The van der Waals surface area contributed by atoms with Crippen molar-refractivity contribution in [2.45, 2.75) is 6.04 Å². The minimum absolute atomic E-state index is 0.0591. The van der Waals surface area contributed by atoms with E-state index in [9.17, 15) is 4.79 Å². The van der Waals surface area contributed by atoms with E-state index in [0.717, 1.165) is 5.56 Å². The number of carbonyl (C=O) groups excluding carboxylic acids is 1. The van der Waals surface area contributed by atoms with Crippen LogP contribution in [0.5, 0.6) is 0 Å². The summed E-state index contributed by atoms with van der Waals surface area (Å²) in [5.74, 6) is 0. The molecule has 14 heavy (non-hydrogen) atoms. The summed E-state index contributed by atoms with van der Waals surface area (Å²) in [5.41, 5.74) is 0.933. The largest absolute Gasteiger partial charge is 0.447 e. The second-order valence-corrected chi connectivity index (χ2v) is 3.63. The van der Waals surface area contributed by atoms with Crippen LogP contribution in [0.1, 0.15) is 11.6 Å². The molecule has 1 amide bonds. The number of cyclic esters (lactones) is 1. The lowest BCUT2D eigenvalue weighted by atomic mass is 10.1. The fourth-order valence-electron chi connectivity index (χ4n) is 1.53. The van der Waals surface area contributed by atoms with Gasteiger partial charge in [0.05, 0.1) is 6.04 Å². The quantitative estimate of drug-likeness (QED) is 0.714. The van der Waals surface area contributed by atoms with Crippen LogP contribution in [0.3, 0.4) is 0 Å². The molecule has 0 aliphatic carbocycles. The molecule has 4 heteroatoms. The SMILES string of the molecule is CN1C(=O)OCC1c1ccccc1Cl. The fraction of sp³-hybridized carbons (Fsp3) is 0.300. The van der Waals surface area contributed by atoms with Crippen molar-refractivity contribution in [2.24, 2.45) is 0 Å². The van der Waals surface area contributed by atoms with Crippen LogP contribution in [0, 0.1) is 0 Å². The van der Waals surface area contributed by atoms with Gasteiger partial charge in [0.1, 0.15) is 6.61 Å². The summed E-state index contributed by atoms with van der Waals surface area (Å²) >= 11 is 6.02. The van der Waals surface area contributed by atoms with E-state index in [1.807, 2.05) is 24.3 Å². The van der Waals surface area contributed by atoms with Crippen LogP contribution in [0.25, 0.3) is 0 Å². The van der Waals surface area contributed by atoms with Crippen molar-refractivity contribution in [1.29, 1.82) is 0 Å². The molecule has 0 bridgehead atoms. The molecule has 1 fully saturated rings. The minimum Gasteiger partial charge on any atom is -0.447 e. The zero-order valence-corrected chi connectivity index (χ0v) is 8.49. The highest BCUT2D eigenvalue weighted by molar-refractivity contribution is 6.31. The molecule has 1 unspecified atom stereocenters. The standard InChI is InChI=1S/C10H10ClNO2/c1-12-9(6-14-10(12)13)7-4-2-3-5-8(7)11/h2-5,9H,6H2,1H3. The summed E-state index contributed by atoms with van der Waals surface area (Å²) in [5, 5.41) is 0.669. The summed E-state index contributed by atoms with van der Waals surface area (Å²) in [4.78, 5) is 12.7. The van der Waals surface area contributed by atoms with Gasteiger partial charge < -0.3 is 9.64 Å². The van der Waals surface area contributed by atoms with Gasteiger partial charge in [-0.1, -0.05) is 29.8 Å². The van der Waals surface area contributed by atoms with Crippen LogP contribution in [-0.2, 0) is 4.74 Å². The average molecular weight is 212 g/mol. The third kappa shape index (κ3) is 1.44. The maximum Gasteiger partial charge on any atom is 0.410 e. The summed E-state index contributed by atoms with van der Waals surface area (Å²) in [6.07, 6.45) is -0.296. The van der Waals surface area contributed by atoms with E-state index < -0.39 is 0 Å². The lowest BCUT2D eigenvalue weighted by Crippen LogP contribution is -2.22. The lowest BCUT2D eigenvalue weighted by molar-refractivity contribution is 0.163. The summed E-state index contributed by atoms with van der Waals surface area (Å²) in [7, 11) is 1.71. The van der Waals surface area contributed by atoms with Gasteiger partial charge in [0.25, 0.3) is 0 Å². The predicted octanol–water partition coefficient (Wildman–Crippen LogP) is 2.46. The Balaban J connectivity index is 2.32. The Morgan fingerprint density at radius 1 is 1.50 bits per heavy atom. The number of hydrogen-bond donors (Lipinski definition) is 0. The van der Waals surface area contributed by atoms with Crippen molar-refractivity contribution in [3.8, 4) is 0 Å². The first-order valence-electron chi connectivity index (χ1n) is 4.34. The van der Waals surface area contributed by atoms with Gasteiger partial charge in [-0.05, 0) is 11.6 Å². The van der Waals surface area contributed by atoms with E-state index in [0.29, 0.717) is 11.6 Å². The van der Waals surface area contributed by atoms with E-state index in [1.165, 1.54) is 0 Å². The molecule has 1 aliphatic heterocycles. The molecule has 3 nitrogen and oxygen atoms in total. The van der Waals surface area contributed by atoms with Crippen molar-refractivity contribution < 1.29 is 9.53 Å². The molecule has 0 aromatic heterocycles. The zero-order valence-electron chi connectivity index (χ0n) is 7.74. The molecule has 0 spiro atoms. The molecule has 1 heterocycles. The van der Waals surface area contributed by atoms with E-state index in [-0.39, 0.29) is 12.1 Å². The minimum atomic E-state index is -0.296. The third-order valence-corrected chi connectivity index (χ3v) is 2.73. The molecular formula is C10H10ClNO2. The van der Waals surface area contributed by atoms with Crippen LogP contribution < -0.4 is 0 Å². The van der Waals surface area contributed by atoms with Crippen molar-refractivity contribution in [3.05, 3.63) is 34.9 Å². The van der Waals surface area contributed by atoms with Gasteiger partial charge in [0.2, 0.25) is 0 Å². The number of hydrogen-bond acceptors (Lipinski definition) is 2. The number of likely N-dealkylation sites (N-methyl/N-ethyl adjacent to an activating group) is 1. The van der Waals surface area contributed by atoms with Crippen LogP contribution in [0.15, 0.2) is 24.3 Å². The Bertz CT molecular complexity index is 367. The number of rotatable bonds is 1. The Labute approximate surface area is 87.2 Å². The van der Waals surface area contributed by atoms with Gasteiger partial charge in [0, 0.05) is 12.1 Å². The molecule has 1 saturated heterocycles. The van der Waals surface area contributed by atoms with Gasteiger partial charge in [-0.2, -0.15) is 0 Å². The second-order valence-electron chi connectivity index (χ2n) is 3.23. The molecule has 0 N–H and O–H groups in total. The second kappa shape index (κ2) is 3.50. The van der Waals surface area contributed by atoms with Crippen molar-refractivity contribution in [2.75, 3.05) is 13.7 Å². The number of ether oxygens (including phenoxy) is 1. The monoisotopic (exact) mass is 211 g/mol. The lowest BCUT2D eigenvalue weighted by Gasteiger charge is -2.17. The van der Waals surface area contributed by atoms with Gasteiger partial charge in [-0.15, -0.1) is 0 Å². The van der Waals surface area contributed by atoms with E-state index in [4.69, 9.17) is 16.3 Å². The Kier molecular flexibility index (Phi) is 2.33. The number of halogens is 1. The fourth-order valence-corrected chi connectivity index (χ4v) is 1.80. The summed E-state index contributed by atoms with van der Waals surface area (Å²) in [6.45, 7) is 0.374. The van der Waals surface area contributed by atoms with E-state index in [1.54, 1.807) is 11.9 Å². The molecule has 1 aliphatic rings. The van der Waals surface area contributed by atoms with Crippen LogP contribution in [0.2, 0.25) is 5.02 Å². The molecule has 0 saturated carbocycles. The smallest absolute Gasteiger partial charge is 0.410 e.